The van der Waals surface area contributed by atoms with Crippen LogP contribution in [0.2, 0.25) is 0 Å². The largest absolute Gasteiger partial charge is 0.361 e. The second-order valence-corrected chi connectivity index (χ2v) is 4.19. The van der Waals surface area contributed by atoms with E-state index in [4.69, 9.17) is 16.1 Å². The monoisotopic (exact) mass is 199 g/mol. The lowest BCUT2D eigenvalue weighted by Gasteiger charge is -2.21. The zero-order chi connectivity index (χ0) is 9.42. The highest BCUT2D eigenvalue weighted by molar-refractivity contribution is 6.17. The summed E-state index contributed by atoms with van der Waals surface area (Å²) in [4.78, 5) is 0. The molecule has 1 aromatic rings. The van der Waals surface area contributed by atoms with E-state index in [1.165, 1.54) is 18.4 Å². The van der Waals surface area contributed by atoms with E-state index < -0.39 is 0 Å². The van der Waals surface area contributed by atoms with Crippen LogP contribution in [0.4, 0.5) is 0 Å². The Hall–Kier alpha value is -0.500. The molecule has 0 fully saturated rings. The summed E-state index contributed by atoms with van der Waals surface area (Å²) in [5, 5.41) is 4.01. The zero-order valence-corrected chi connectivity index (χ0v) is 8.77. The molecule has 0 aromatic carbocycles. The van der Waals surface area contributed by atoms with E-state index in [9.17, 15) is 0 Å². The van der Waals surface area contributed by atoms with Crippen LogP contribution in [-0.4, -0.2) is 5.16 Å². The van der Waals surface area contributed by atoms with E-state index in [0.717, 1.165) is 11.5 Å². The lowest BCUT2D eigenvalue weighted by Crippen LogP contribution is -2.09. The van der Waals surface area contributed by atoms with Gasteiger partial charge in [0.05, 0.1) is 5.88 Å². The molecule has 2 rings (SSSR count). The summed E-state index contributed by atoms with van der Waals surface area (Å²) in [6.07, 6.45) is 2.42. The number of hydrogen-bond donors (Lipinski definition) is 0. The number of alkyl halides is 1. The molecule has 1 heterocycles. The van der Waals surface area contributed by atoms with Gasteiger partial charge < -0.3 is 4.52 Å². The number of hydrogen-bond acceptors (Lipinski definition) is 2. The maximum atomic E-state index is 5.80. The smallest absolute Gasteiger partial charge is 0.143 e. The molecule has 0 bridgehead atoms. The molecule has 0 aliphatic heterocycles. The van der Waals surface area contributed by atoms with Crippen molar-refractivity contribution >= 4 is 11.6 Å². The third-order valence-electron chi connectivity index (χ3n) is 2.93. The van der Waals surface area contributed by atoms with Gasteiger partial charge in [-0.05, 0) is 18.8 Å². The SMILES string of the molecule is CC1CCC(C)c2c(CCl)noc21. The summed E-state index contributed by atoms with van der Waals surface area (Å²) in [6, 6.07) is 0. The van der Waals surface area contributed by atoms with Crippen molar-refractivity contribution < 1.29 is 4.52 Å². The number of rotatable bonds is 1. The van der Waals surface area contributed by atoms with Crippen molar-refractivity contribution in [2.45, 2.75) is 44.4 Å². The van der Waals surface area contributed by atoms with Gasteiger partial charge in [-0.1, -0.05) is 19.0 Å². The first-order valence-electron chi connectivity index (χ1n) is 4.78. The van der Waals surface area contributed by atoms with E-state index in [1.54, 1.807) is 0 Å². The molecule has 13 heavy (non-hydrogen) atoms. The summed E-state index contributed by atoms with van der Waals surface area (Å²) in [6.45, 7) is 4.41. The predicted molar refractivity (Wildman–Crippen MR) is 52.1 cm³/mol. The van der Waals surface area contributed by atoms with Gasteiger partial charge in [0.25, 0.3) is 0 Å². The molecule has 3 heteroatoms. The van der Waals surface area contributed by atoms with Crippen LogP contribution in [0.25, 0.3) is 0 Å². The minimum absolute atomic E-state index is 0.468. The number of halogens is 1. The first-order valence-corrected chi connectivity index (χ1v) is 5.31. The van der Waals surface area contributed by atoms with Gasteiger partial charge in [-0.25, -0.2) is 0 Å². The molecule has 1 aromatic heterocycles. The number of nitrogens with zero attached hydrogens (tertiary/aromatic N) is 1. The highest BCUT2D eigenvalue weighted by Crippen LogP contribution is 2.40. The van der Waals surface area contributed by atoms with Gasteiger partial charge in [0.2, 0.25) is 0 Å². The van der Waals surface area contributed by atoms with Gasteiger partial charge in [0, 0.05) is 11.5 Å². The van der Waals surface area contributed by atoms with Crippen LogP contribution in [0.15, 0.2) is 4.52 Å². The third-order valence-corrected chi connectivity index (χ3v) is 3.18. The average molecular weight is 200 g/mol. The van der Waals surface area contributed by atoms with Crippen molar-refractivity contribution in [1.29, 1.82) is 0 Å². The maximum absolute atomic E-state index is 5.80. The van der Waals surface area contributed by atoms with Crippen LogP contribution in [-0.2, 0) is 5.88 Å². The standard InChI is InChI=1S/C10H14ClNO/c1-6-3-4-7(2)10-9(6)8(5-11)12-13-10/h6-7H,3-5H2,1-2H3. The number of aromatic nitrogens is 1. The predicted octanol–water partition coefficient (Wildman–Crippen LogP) is 3.41. The Balaban J connectivity index is 2.47. The molecule has 0 spiro atoms. The second-order valence-electron chi connectivity index (χ2n) is 3.92. The zero-order valence-electron chi connectivity index (χ0n) is 8.01. The Morgan fingerprint density at radius 2 is 2.08 bits per heavy atom. The summed E-state index contributed by atoms with van der Waals surface area (Å²) in [7, 11) is 0. The molecule has 0 N–H and O–H groups in total. The first kappa shape index (κ1) is 9.07. The van der Waals surface area contributed by atoms with Crippen LogP contribution in [0.3, 0.4) is 0 Å². The fourth-order valence-electron chi connectivity index (χ4n) is 2.10. The van der Waals surface area contributed by atoms with Crippen molar-refractivity contribution in [3.63, 3.8) is 0 Å². The van der Waals surface area contributed by atoms with E-state index in [2.05, 4.69) is 19.0 Å². The van der Waals surface area contributed by atoms with E-state index in [0.29, 0.717) is 17.7 Å². The van der Waals surface area contributed by atoms with Crippen LogP contribution in [0, 0.1) is 0 Å². The summed E-state index contributed by atoms with van der Waals surface area (Å²) in [5.41, 5.74) is 2.21. The van der Waals surface area contributed by atoms with Crippen LogP contribution >= 0.6 is 11.6 Å². The molecular weight excluding hydrogens is 186 g/mol. The molecule has 1 aliphatic rings. The molecule has 0 saturated carbocycles. The van der Waals surface area contributed by atoms with Crippen LogP contribution < -0.4 is 0 Å². The number of fused-ring (bicyclic) bond motifs is 1. The van der Waals surface area contributed by atoms with Gasteiger partial charge in [0.1, 0.15) is 11.5 Å². The Morgan fingerprint density at radius 3 is 2.77 bits per heavy atom. The summed E-state index contributed by atoms with van der Waals surface area (Å²) < 4.78 is 5.33. The Morgan fingerprint density at radius 1 is 1.38 bits per heavy atom. The lowest BCUT2D eigenvalue weighted by atomic mass is 9.82. The molecule has 0 amide bonds. The van der Waals surface area contributed by atoms with Gasteiger partial charge in [0.15, 0.2) is 0 Å². The quantitative estimate of drug-likeness (QED) is 0.648. The van der Waals surface area contributed by atoms with Gasteiger partial charge >= 0.3 is 0 Å². The van der Waals surface area contributed by atoms with Gasteiger partial charge in [-0.2, -0.15) is 0 Å². The van der Waals surface area contributed by atoms with Crippen LogP contribution in [0.5, 0.6) is 0 Å². The molecule has 2 nitrogen and oxygen atoms in total. The molecule has 2 unspecified atom stereocenters. The Bertz CT molecular complexity index is 308. The third kappa shape index (κ3) is 1.37. The normalized spacial score (nSPS) is 27.3. The first-order chi connectivity index (χ1) is 6.24. The Labute approximate surface area is 83.2 Å². The lowest BCUT2D eigenvalue weighted by molar-refractivity contribution is 0.340. The summed E-state index contributed by atoms with van der Waals surface area (Å²) in [5.74, 6) is 2.60. The molecule has 0 radical (unpaired) electrons. The molecule has 0 saturated heterocycles. The van der Waals surface area contributed by atoms with E-state index in [-0.39, 0.29) is 0 Å². The highest BCUT2D eigenvalue weighted by atomic mass is 35.5. The maximum Gasteiger partial charge on any atom is 0.143 e. The van der Waals surface area contributed by atoms with Crippen molar-refractivity contribution in [2.24, 2.45) is 0 Å². The summed E-state index contributed by atoms with van der Waals surface area (Å²) >= 11 is 5.80. The van der Waals surface area contributed by atoms with Crippen molar-refractivity contribution in [1.82, 2.24) is 5.16 Å². The van der Waals surface area contributed by atoms with Crippen LogP contribution in [0.1, 0.15) is 55.5 Å². The van der Waals surface area contributed by atoms with Gasteiger partial charge in [-0.3, -0.25) is 0 Å². The fourth-order valence-corrected chi connectivity index (χ4v) is 2.29. The average Bonchev–Trinajstić information content (AvgIpc) is 2.56. The Kier molecular flexibility index (Phi) is 2.33. The van der Waals surface area contributed by atoms with E-state index in [1.807, 2.05) is 0 Å². The topological polar surface area (TPSA) is 26.0 Å². The minimum Gasteiger partial charge on any atom is -0.361 e. The van der Waals surface area contributed by atoms with Crippen molar-refractivity contribution in [3.05, 3.63) is 17.0 Å². The second kappa shape index (κ2) is 3.33. The molecule has 2 atom stereocenters. The molecule has 72 valence electrons. The minimum atomic E-state index is 0.468. The van der Waals surface area contributed by atoms with Crippen molar-refractivity contribution in [3.8, 4) is 0 Å². The highest BCUT2D eigenvalue weighted by Gasteiger charge is 2.29. The van der Waals surface area contributed by atoms with E-state index >= 15 is 0 Å². The molecular formula is C10H14ClNO. The van der Waals surface area contributed by atoms with Crippen molar-refractivity contribution in [2.75, 3.05) is 0 Å². The van der Waals surface area contributed by atoms with Gasteiger partial charge in [-0.15, -0.1) is 11.6 Å². The molecule has 1 aliphatic carbocycles. The fraction of sp³-hybridized carbons (Fsp3) is 0.700.